The second-order valence-electron chi connectivity index (χ2n) is 8.42. The van der Waals surface area contributed by atoms with Crippen LogP contribution in [0.15, 0.2) is 60.8 Å². The number of hydrogen-bond acceptors (Lipinski definition) is 4. The highest BCUT2D eigenvalue weighted by Crippen LogP contribution is 2.37. The van der Waals surface area contributed by atoms with Gasteiger partial charge in [0.2, 0.25) is 0 Å². The monoisotopic (exact) mass is 473 g/mol. The van der Waals surface area contributed by atoms with Crippen LogP contribution in [0.2, 0.25) is 0 Å². The first-order valence-corrected chi connectivity index (χ1v) is 12.5. The number of rotatable bonds is 4. The lowest BCUT2D eigenvalue weighted by atomic mass is 10.1. The van der Waals surface area contributed by atoms with Gasteiger partial charge in [-0.3, -0.25) is 4.98 Å². The van der Waals surface area contributed by atoms with Gasteiger partial charge in [0.1, 0.15) is 16.4 Å². The van der Waals surface area contributed by atoms with Gasteiger partial charge in [-0.1, -0.05) is 24.3 Å². The van der Waals surface area contributed by atoms with E-state index in [9.17, 15) is 21.6 Å². The van der Waals surface area contributed by atoms with Crippen molar-refractivity contribution in [3.63, 3.8) is 0 Å². The number of alkyl halides is 3. The van der Waals surface area contributed by atoms with E-state index in [4.69, 9.17) is 0 Å². The maximum absolute atomic E-state index is 13.6. The van der Waals surface area contributed by atoms with E-state index in [0.717, 1.165) is 5.39 Å². The Hall–Kier alpha value is -3.07. The maximum Gasteiger partial charge on any atom is 0.406 e. The van der Waals surface area contributed by atoms with Crippen LogP contribution in [0, 0.1) is 0 Å². The molecule has 172 valence electrons. The van der Waals surface area contributed by atoms with Crippen molar-refractivity contribution in [2.45, 2.75) is 31.6 Å². The van der Waals surface area contributed by atoms with Crippen LogP contribution in [0.5, 0.6) is 0 Å². The number of anilines is 1. The van der Waals surface area contributed by atoms with E-state index in [1.165, 1.54) is 4.57 Å². The molecule has 0 unspecified atom stereocenters. The third-order valence-electron chi connectivity index (χ3n) is 6.12. The summed E-state index contributed by atoms with van der Waals surface area (Å²) in [5, 5.41) is 4.83. The summed E-state index contributed by atoms with van der Waals surface area (Å²) in [6.45, 7) is -1.12. The molecule has 1 aliphatic heterocycles. The topological polar surface area (TPSA) is 64.0 Å². The molecule has 0 spiro atoms. The van der Waals surface area contributed by atoms with Crippen molar-refractivity contribution in [3.05, 3.63) is 60.8 Å². The fourth-order valence-corrected chi connectivity index (χ4v) is 6.05. The van der Waals surface area contributed by atoms with Gasteiger partial charge in [-0.25, -0.2) is 8.42 Å². The van der Waals surface area contributed by atoms with Crippen LogP contribution in [0.4, 0.5) is 18.9 Å². The number of para-hydroxylation sites is 1. The Kier molecular flexibility index (Phi) is 5.31. The number of nitrogens with one attached hydrogen (secondary N) is 1. The first-order chi connectivity index (χ1) is 15.7. The summed E-state index contributed by atoms with van der Waals surface area (Å²) >= 11 is 0. The predicted octanol–water partition coefficient (Wildman–Crippen LogP) is 5.41. The summed E-state index contributed by atoms with van der Waals surface area (Å²) in [5.41, 5.74) is 3.02. The van der Waals surface area contributed by atoms with Crippen LogP contribution in [-0.2, 0) is 16.4 Å². The largest absolute Gasteiger partial charge is 0.406 e. The minimum absolute atomic E-state index is 0.0460. The summed E-state index contributed by atoms with van der Waals surface area (Å²) in [6.07, 6.45) is -1.84. The van der Waals surface area contributed by atoms with Gasteiger partial charge in [-0.15, -0.1) is 0 Å². The Morgan fingerprint density at radius 3 is 2.52 bits per heavy atom. The zero-order chi connectivity index (χ0) is 23.2. The molecule has 0 saturated carbocycles. The molecule has 33 heavy (non-hydrogen) atoms. The van der Waals surface area contributed by atoms with Crippen LogP contribution in [0.25, 0.3) is 33.1 Å². The van der Waals surface area contributed by atoms with Gasteiger partial charge < -0.3 is 9.88 Å². The molecule has 0 aliphatic carbocycles. The normalized spacial score (nSPS) is 16.9. The average Bonchev–Trinajstić information content (AvgIpc) is 3.12. The Balaban J connectivity index is 1.64. The van der Waals surface area contributed by atoms with Crippen molar-refractivity contribution in [2.24, 2.45) is 0 Å². The lowest BCUT2D eigenvalue weighted by Gasteiger charge is -2.24. The van der Waals surface area contributed by atoms with Crippen molar-refractivity contribution < 1.29 is 21.6 Å². The average molecular weight is 474 g/mol. The summed E-state index contributed by atoms with van der Waals surface area (Å²) in [7, 11) is -3.01. The van der Waals surface area contributed by atoms with Gasteiger partial charge in [-0.2, -0.15) is 13.2 Å². The van der Waals surface area contributed by atoms with E-state index in [0.29, 0.717) is 46.2 Å². The lowest BCUT2D eigenvalue weighted by Crippen LogP contribution is -2.32. The van der Waals surface area contributed by atoms with Crippen molar-refractivity contribution >= 4 is 37.3 Å². The number of aromatic nitrogens is 2. The molecule has 0 bridgehead atoms. The molecule has 1 fully saturated rings. The van der Waals surface area contributed by atoms with Gasteiger partial charge in [0.25, 0.3) is 0 Å². The quantitative estimate of drug-likeness (QED) is 0.431. The first-order valence-electron chi connectivity index (χ1n) is 10.7. The van der Waals surface area contributed by atoms with Gasteiger partial charge >= 0.3 is 6.18 Å². The van der Waals surface area contributed by atoms with Crippen molar-refractivity contribution in [2.75, 3.05) is 16.8 Å². The number of hydrogen-bond donors (Lipinski definition) is 1. The van der Waals surface area contributed by atoms with E-state index >= 15 is 0 Å². The Labute approximate surface area is 189 Å². The number of pyridine rings is 1. The third-order valence-corrected chi connectivity index (χ3v) is 7.84. The molecule has 5 nitrogen and oxygen atoms in total. The van der Waals surface area contributed by atoms with E-state index in [1.54, 1.807) is 30.5 Å². The molecule has 1 saturated heterocycles. The SMILES string of the molecule is O=S1(=O)CCC(Nc2cccc3c2cc(-c2ccnc4ccccc24)n3CC(F)(F)F)CC1. The minimum atomic E-state index is -4.40. The zero-order valence-corrected chi connectivity index (χ0v) is 18.5. The molecule has 2 aromatic heterocycles. The second-order valence-corrected chi connectivity index (χ2v) is 10.7. The smallest absolute Gasteiger partial charge is 0.382 e. The molecule has 0 radical (unpaired) electrons. The third kappa shape index (κ3) is 4.42. The molecular formula is C24H22F3N3O2S. The number of sulfone groups is 1. The summed E-state index contributed by atoms with van der Waals surface area (Å²) in [4.78, 5) is 4.34. The van der Waals surface area contributed by atoms with Crippen molar-refractivity contribution in [1.29, 1.82) is 0 Å². The highest BCUT2D eigenvalue weighted by atomic mass is 32.2. The molecule has 1 N–H and O–H groups in total. The number of benzene rings is 2. The summed E-state index contributed by atoms with van der Waals surface area (Å²) in [5.74, 6) is 0.230. The summed E-state index contributed by atoms with van der Waals surface area (Å²) < 4.78 is 65.6. The molecule has 2 aromatic carbocycles. The molecule has 1 aliphatic rings. The molecule has 4 aromatic rings. The van der Waals surface area contributed by atoms with Crippen molar-refractivity contribution in [1.82, 2.24) is 9.55 Å². The first kappa shape index (κ1) is 21.8. The van der Waals surface area contributed by atoms with Crippen LogP contribution in [-0.4, -0.2) is 41.7 Å². The van der Waals surface area contributed by atoms with E-state index in [1.807, 2.05) is 30.3 Å². The van der Waals surface area contributed by atoms with Crippen LogP contribution in [0.1, 0.15) is 12.8 Å². The highest BCUT2D eigenvalue weighted by Gasteiger charge is 2.31. The Morgan fingerprint density at radius 2 is 1.76 bits per heavy atom. The molecule has 0 amide bonds. The van der Waals surface area contributed by atoms with Gasteiger partial charge in [0.05, 0.1) is 28.2 Å². The summed E-state index contributed by atoms with van der Waals surface area (Å²) in [6, 6.07) is 16.1. The number of nitrogens with zero attached hydrogens (tertiary/aromatic N) is 2. The number of fused-ring (bicyclic) bond motifs is 2. The maximum atomic E-state index is 13.6. The molecular weight excluding hydrogens is 451 g/mol. The van der Waals surface area contributed by atoms with Gasteiger partial charge in [-0.05, 0) is 43.2 Å². The standard InChI is InChI=1S/C24H22F3N3O2S/c25-24(26,27)15-30-22-7-3-6-21(29-16-9-12-33(31,32)13-10-16)19(22)14-23(30)18-8-11-28-20-5-2-1-4-17(18)20/h1-8,11,14,16,29H,9-10,12-13,15H2. The van der Waals surface area contributed by atoms with Crippen molar-refractivity contribution in [3.8, 4) is 11.3 Å². The Bertz CT molecular complexity index is 1430. The van der Waals surface area contributed by atoms with Crippen LogP contribution in [0.3, 0.4) is 0 Å². The predicted molar refractivity (Wildman–Crippen MR) is 124 cm³/mol. The van der Waals surface area contributed by atoms with E-state index in [-0.39, 0.29) is 17.5 Å². The molecule has 9 heteroatoms. The lowest BCUT2D eigenvalue weighted by molar-refractivity contribution is -0.139. The second kappa shape index (κ2) is 8.06. The number of halogens is 3. The molecule has 3 heterocycles. The fourth-order valence-electron chi connectivity index (χ4n) is 4.56. The zero-order valence-electron chi connectivity index (χ0n) is 17.6. The van der Waals surface area contributed by atoms with Gasteiger partial charge in [0.15, 0.2) is 0 Å². The Morgan fingerprint density at radius 1 is 1.00 bits per heavy atom. The fraction of sp³-hybridized carbons (Fsp3) is 0.292. The molecule has 0 atom stereocenters. The minimum Gasteiger partial charge on any atom is -0.382 e. The van der Waals surface area contributed by atoms with Crippen LogP contribution >= 0.6 is 0 Å². The van der Waals surface area contributed by atoms with Crippen LogP contribution < -0.4 is 5.32 Å². The highest BCUT2D eigenvalue weighted by molar-refractivity contribution is 7.91. The van der Waals surface area contributed by atoms with E-state index in [2.05, 4.69) is 10.3 Å². The molecule has 5 rings (SSSR count). The van der Waals surface area contributed by atoms with E-state index < -0.39 is 22.6 Å². The van der Waals surface area contributed by atoms with Gasteiger partial charge in [0, 0.05) is 34.3 Å².